The van der Waals surface area contributed by atoms with E-state index in [-0.39, 0.29) is 0 Å². The number of aromatic nitrogens is 1. The summed E-state index contributed by atoms with van der Waals surface area (Å²) in [6, 6.07) is 5.80. The molecule has 2 rings (SSSR count). The van der Waals surface area contributed by atoms with E-state index in [4.69, 9.17) is 27.6 Å². The third-order valence-corrected chi connectivity index (χ3v) is 2.91. The summed E-state index contributed by atoms with van der Waals surface area (Å²) in [4.78, 5) is 4.14. The summed E-state index contributed by atoms with van der Waals surface area (Å²) >= 11 is 11.7. The molecule has 0 bridgehead atoms. The second-order valence-corrected chi connectivity index (χ2v) is 4.31. The Morgan fingerprint density at radius 2 is 2.19 bits per heavy atom. The average Bonchev–Trinajstić information content (AvgIpc) is 2.71. The second kappa shape index (κ2) is 4.89. The van der Waals surface area contributed by atoms with Gasteiger partial charge in [-0.15, -0.1) is 11.6 Å². The summed E-state index contributed by atoms with van der Waals surface area (Å²) in [5, 5.41) is 0.729. The molecule has 84 valence electrons. The number of aryl methyl sites for hydroxylation is 2. The van der Waals surface area contributed by atoms with Crippen molar-refractivity contribution in [1.29, 1.82) is 0 Å². The van der Waals surface area contributed by atoms with Crippen LogP contribution < -0.4 is 0 Å². The van der Waals surface area contributed by atoms with E-state index in [1.165, 1.54) is 0 Å². The van der Waals surface area contributed by atoms with Crippen molar-refractivity contribution in [2.45, 2.75) is 13.3 Å². The molecule has 0 aliphatic carbocycles. The lowest BCUT2D eigenvalue weighted by Crippen LogP contribution is -1.83. The van der Waals surface area contributed by atoms with Gasteiger partial charge in [0, 0.05) is 22.9 Å². The number of hydrogen-bond acceptors (Lipinski definition) is 2. The summed E-state index contributed by atoms with van der Waals surface area (Å²) in [6.45, 7) is 1.96. The number of rotatable bonds is 3. The van der Waals surface area contributed by atoms with Crippen LogP contribution in [0.2, 0.25) is 5.02 Å². The van der Waals surface area contributed by atoms with Gasteiger partial charge in [-0.05, 0) is 18.6 Å². The predicted octanol–water partition coefficient (Wildman–Crippen LogP) is 4.08. The number of nitrogens with zero attached hydrogens (tertiary/aromatic N) is 1. The summed E-state index contributed by atoms with van der Waals surface area (Å²) in [5.74, 6) is 1.89. The molecule has 0 amide bonds. The van der Waals surface area contributed by atoms with Crippen LogP contribution in [0.4, 0.5) is 0 Å². The second-order valence-electron chi connectivity index (χ2n) is 3.52. The van der Waals surface area contributed by atoms with E-state index in [0.717, 1.165) is 21.9 Å². The van der Waals surface area contributed by atoms with Gasteiger partial charge < -0.3 is 4.42 Å². The highest BCUT2D eigenvalue weighted by Gasteiger charge is 2.07. The van der Waals surface area contributed by atoms with Crippen LogP contribution in [0.3, 0.4) is 0 Å². The summed E-state index contributed by atoms with van der Waals surface area (Å²) < 4.78 is 5.55. The zero-order valence-corrected chi connectivity index (χ0v) is 10.3. The van der Waals surface area contributed by atoms with E-state index in [2.05, 4.69) is 4.98 Å². The van der Waals surface area contributed by atoms with Crippen LogP contribution in [0.15, 0.2) is 28.8 Å². The Labute approximate surface area is 104 Å². The van der Waals surface area contributed by atoms with Gasteiger partial charge in [-0.25, -0.2) is 4.98 Å². The lowest BCUT2D eigenvalue weighted by Gasteiger charge is -2.00. The molecule has 0 aliphatic rings. The molecule has 0 unspecified atom stereocenters. The van der Waals surface area contributed by atoms with Gasteiger partial charge >= 0.3 is 0 Å². The fraction of sp³-hybridized carbons (Fsp3) is 0.250. The maximum Gasteiger partial charge on any atom is 0.196 e. The van der Waals surface area contributed by atoms with E-state index in [9.17, 15) is 0 Å². The van der Waals surface area contributed by atoms with Gasteiger partial charge in [0.1, 0.15) is 0 Å². The normalized spacial score (nSPS) is 10.7. The lowest BCUT2D eigenvalue weighted by molar-refractivity contribution is 0.515. The van der Waals surface area contributed by atoms with Crippen molar-refractivity contribution in [1.82, 2.24) is 4.98 Å². The largest absolute Gasteiger partial charge is 0.441 e. The van der Waals surface area contributed by atoms with Crippen LogP contribution in [0.25, 0.3) is 11.3 Å². The van der Waals surface area contributed by atoms with Crippen LogP contribution in [0, 0.1) is 6.92 Å². The summed E-state index contributed by atoms with van der Waals surface area (Å²) in [7, 11) is 0. The molecule has 0 saturated carbocycles. The van der Waals surface area contributed by atoms with Crippen LogP contribution in [0.1, 0.15) is 11.5 Å². The molecule has 0 atom stereocenters. The van der Waals surface area contributed by atoms with Crippen molar-refractivity contribution in [2.75, 3.05) is 5.88 Å². The summed E-state index contributed by atoms with van der Waals surface area (Å²) in [6.07, 6.45) is 2.34. The standard InChI is InChI=1S/C12H11Cl2NO/c1-8-2-3-9(6-10(8)14)11-7-15-12(16-11)4-5-13/h2-3,6-7H,4-5H2,1H3. The summed E-state index contributed by atoms with van der Waals surface area (Å²) in [5.41, 5.74) is 1.98. The molecule has 0 radical (unpaired) electrons. The molecular weight excluding hydrogens is 245 g/mol. The molecule has 1 heterocycles. The minimum absolute atomic E-state index is 0.509. The fourth-order valence-corrected chi connectivity index (χ4v) is 1.73. The molecule has 0 saturated heterocycles. The van der Waals surface area contributed by atoms with Crippen LogP contribution >= 0.6 is 23.2 Å². The van der Waals surface area contributed by atoms with E-state index < -0.39 is 0 Å². The number of benzene rings is 1. The predicted molar refractivity (Wildman–Crippen MR) is 66.1 cm³/mol. The third kappa shape index (κ3) is 2.39. The van der Waals surface area contributed by atoms with Gasteiger partial charge in [0.2, 0.25) is 0 Å². The molecule has 0 N–H and O–H groups in total. The maximum atomic E-state index is 6.05. The van der Waals surface area contributed by atoms with Gasteiger partial charge in [-0.1, -0.05) is 23.7 Å². The number of hydrogen-bond donors (Lipinski definition) is 0. The highest BCUT2D eigenvalue weighted by Crippen LogP contribution is 2.25. The Morgan fingerprint density at radius 3 is 2.88 bits per heavy atom. The van der Waals surface area contributed by atoms with Gasteiger partial charge in [-0.3, -0.25) is 0 Å². The minimum atomic E-state index is 0.509. The van der Waals surface area contributed by atoms with Crippen LogP contribution in [-0.4, -0.2) is 10.9 Å². The Morgan fingerprint density at radius 1 is 1.38 bits per heavy atom. The quantitative estimate of drug-likeness (QED) is 0.773. The van der Waals surface area contributed by atoms with Crippen molar-refractivity contribution in [3.05, 3.63) is 40.9 Å². The third-order valence-electron chi connectivity index (χ3n) is 2.32. The first-order chi connectivity index (χ1) is 7.70. The van der Waals surface area contributed by atoms with E-state index in [1.54, 1.807) is 6.20 Å². The topological polar surface area (TPSA) is 26.0 Å². The van der Waals surface area contributed by atoms with Crippen LogP contribution in [0.5, 0.6) is 0 Å². The Kier molecular flexibility index (Phi) is 3.52. The first-order valence-corrected chi connectivity index (χ1v) is 5.89. The SMILES string of the molecule is Cc1ccc(-c2cnc(CCCl)o2)cc1Cl. The monoisotopic (exact) mass is 255 g/mol. The molecular formula is C12H11Cl2NO. The van der Waals surface area contributed by atoms with Gasteiger partial charge in [0.15, 0.2) is 11.7 Å². The first kappa shape index (κ1) is 11.5. The first-order valence-electron chi connectivity index (χ1n) is 4.98. The van der Waals surface area contributed by atoms with Crippen molar-refractivity contribution >= 4 is 23.2 Å². The molecule has 0 spiro atoms. The van der Waals surface area contributed by atoms with Gasteiger partial charge in [0.05, 0.1) is 6.20 Å². The fourth-order valence-electron chi connectivity index (χ4n) is 1.39. The lowest BCUT2D eigenvalue weighted by atomic mass is 10.1. The smallest absolute Gasteiger partial charge is 0.196 e. The van der Waals surface area contributed by atoms with Crippen molar-refractivity contribution in [2.24, 2.45) is 0 Å². The van der Waals surface area contributed by atoms with Crippen molar-refractivity contribution < 1.29 is 4.42 Å². The van der Waals surface area contributed by atoms with Crippen LogP contribution in [-0.2, 0) is 6.42 Å². The molecule has 0 aliphatic heterocycles. The minimum Gasteiger partial charge on any atom is -0.441 e. The molecule has 4 heteroatoms. The molecule has 2 nitrogen and oxygen atoms in total. The average molecular weight is 256 g/mol. The number of alkyl halides is 1. The molecule has 16 heavy (non-hydrogen) atoms. The van der Waals surface area contributed by atoms with E-state index in [0.29, 0.717) is 18.2 Å². The van der Waals surface area contributed by atoms with Crippen molar-refractivity contribution in [3.63, 3.8) is 0 Å². The maximum absolute atomic E-state index is 6.05. The molecule has 1 aromatic heterocycles. The van der Waals surface area contributed by atoms with Crippen molar-refractivity contribution in [3.8, 4) is 11.3 Å². The highest BCUT2D eigenvalue weighted by atomic mass is 35.5. The zero-order valence-electron chi connectivity index (χ0n) is 8.84. The van der Waals surface area contributed by atoms with E-state index >= 15 is 0 Å². The Hall–Kier alpha value is -0.990. The number of halogens is 2. The Bertz CT molecular complexity index is 494. The Balaban J connectivity index is 2.31. The number of oxazole rings is 1. The van der Waals surface area contributed by atoms with Gasteiger partial charge in [0.25, 0.3) is 0 Å². The highest BCUT2D eigenvalue weighted by molar-refractivity contribution is 6.31. The molecule has 2 aromatic rings. The van der Waals surface area contributed by atoms with E-state index in [1.807, 2.05) is 25.1 Å². The molecule has 0 fully saturated rings. The zero-order chi connectivity index (χ0) is 11.5. The molecule has 1 aromatic carbocycles. The van der Waals surface area contributed by atoms with Gasteiger partial charge in [-0.2, -0.15) is 0 Å².